The zero-order valence-electron chi connectivity index (χ0n) is 11.4. The van der Waals surface area contributed by atoms with E-state index < -0.39 is 0 Å². The van der Waals surface area contributed by atoms with Gasteiger partial charge in [0.1, 0.15) is 12.7 Å². The average molecular weight is 237 g/mol. The van der Waals surface area contributed by atoms with Crippen LogP contribution in [0.1, 0.15) is 65.2 Å². The Bertz CT molecular complexity index is 256. The lowest BCUT2D eigenvalue weighted by Gasteiger charge is -2.10. The lowest BCUT2D eigenvalue weighted by atomic mass is 9.97. The van der Waals surface area contributed by atoms with Crippen molar-refractivity contribution in [2.45, 2.75) is 71.8 Å². The van der Waals surface area contributed by atoms with Gasteiger partial charge in [0.05, 0.1) is 0 Å². The van der Waals surface area contributed by atoms with E-state index in [1.165, 1.54) is 51.4 Å². The van der Waals surface area contributed by atoms with Crippen molar-refractivity contribution < 1.29 is 0 Å². The first-order chi connectivity index (χ1) is 8.33. The molecule has 3 heteroatoms. The van der Waals surface area contributed by atoms with Crippen LogP contribution in [0.2, 0.25) is 0 Å². The van der Waals surface area contributed by atoms with Crippen LogP contribution in [0.5, 0.6) is 0 Å². The third-order valence-electron chi connectivity index (χ3n) is 3.38. The molecule has 1 aromatic heterocycles. The summed E-state index contributed by atoms with van der Waals surface area (Å²) in [6.07, 6.45) is 14.5. The summed E-state index contributed by atoms with van der Waals surface area (Å²) in [5.74, 6) is 0.896. The zero-order valence-corrected chi connectivity index (χ0v) is 11.4. The van der Waals surface area contributed by atoms with E-state index in [1.54, 1.807) is 12.7 Å². The van der Waals surface area contributed by atoms with Crippen molar-refractivity contribution in [1.82, 2.24) is 14.8 Å². The van der Waals surface area contributed by atoms with Crippen LogP contribution in [0.15, 0.2) is 12.7 Å². The molecule has 0 N–H and O–H groups in total. The Kier molecular flexibility index (Phi) is 7.69. The van der Waals surface area contributed by atoms with E-state index in [0.717, 1.165) is 12.5 Å². The standard InChI is InChI=1S/C14H27N3/c1-3-4-5-6-9-14(2)10-7-8-11-17-12-15-16-13-17/h12-14H,3-11H2,1-2H3. The molecule has 1 unspecified atom stereocenters. The molecule has 3 nitrogen and oxygen atoms in total. The molecule has 0 fully saturated rings. The Morgan fingerprint density at radius 3 is 2.24 bits per heavy atom. The Balaban J connectivity index is 1.91. The van der Waals surface area contributed by atoms with E-state index in [-0.39, 0.29) is 0 Å². The summed E-state index contributed by atoms with van der Waals surface area (Å²) < 4.78 is 2.06. The van der Waals surface area contributed by atoms with Gasteiger partial charge in [0, 0.05) is 6.54 Å². The van der Waals surface area contributed by atoms with E-state index >= 15 is 0 Å². The molecule has 0 aliphatic heterocycles. The van der Waals surface area contributed by atoms with Gasteiger partial charge in [0.2, 0.25) is 0 Å². The highest BCUT2D eigenvalue weighted by Crippen LogP contribution is 2.16. The summed E-state index contributed by atoms with van der Waals surface area (Å²) in [4.78, 5) is 0. The van der Waals surface area contributed by atoms with Crippen molar-refractivity contribution in [3.63, 3.8) is 0 Å². The minimum atomic E-state index is 0.896. The van der Waals surface area contributed by atoms with Gasteiger partial charge in [-0.25, -0.2) is 0 Å². The first-order valence-electron chi connectivity index (χ1n) is 7.15. The molecule has 0 aromatic carbocycles. The van der Waals surface area contributed by atoms with Crippen molar-refractivity contribution in [2.75, 3.05) is 0 Å². The highest BCUT2D eigenvalue weighted by molar-refractivity contribution is 4.61. The summed E-state index contributed by atoms with van der Waals surface area (Å²) in [6, 6.07) is 0. The van der Waals surface area contributed by atoms with E-state index in [4.69, 9.17) is 0 Å². The summed E-state index contributed by atoms with van der Waals surface area (Å²) >= 11 is 0. The number of nitrogens with zero attached hydrogens (tertiary/aromatic N) is 3. The molecule has 0 aliphatic carbocycles. The summed E-state index contributed by atoms with van der Waals surface area (Å²) in [7, 11) is 0. The van der Waals surface area contributed by atoms with E-state index in [2.05, 4.69) is 28.6 Å². The van der Waals surface area contributed by atoms with Crippen molar-refractivity contribution in [2.24, 2.45) is 5.92 Å². The second kappa shape index (κ2) is 9.20. The molecule has 98 valence electrons. The van der Waals surface area contributed by atoms with E-state index in [0.29, 0.717) is 0 Å². The van der Waals surface area contributed by atoms with Gasteiger partial charge in [0.15, 0.2) is 0 Å². The maximum Gasteiger partial charge on any atom is 0.119 e. The van der Waals surface area contributed by atoms with Crippen molar-refractivity contribution in [3.8, 4) is 0 Å². The van der Waals surface area contributed by atoms with Gasteiger partial charge >= 0.3 is 0 Å². The molecule has 17 heavy (non-hydrogen) atoms. The van der Waals surface area contributed by atoms with Crippen LogP contribution in [0.4, 0.5) is 0 Å². The predicted octanol–water partition coefficient (Wildman–Crippen LogP) is 4.05. The Morgan fingerprint density at radius 1 is 0.941 bits per heavy atom. The van der Waals surface area contributed by atoms with Crippen molar-refractivity contribution >= 4 is 0 Å². The summed E-state index contributed by atoms with van der Waals surface area (Å²) in [5, 5.41) is 7.61. The summed E-state index contributed by atoms with van der Waals surface area (Å²) in [6.45, 7) is 5.73. The largest absolute Gasteiger partial charge is 0.320 e. The maximum absolute atomic E-state index is 3.81. The Hall–Kier alpha value is -0.860. The van der Waals surface area contributed by atoms with Gasteiger partial charge < -0.3 is 4.57 Å². The third kappa shape index (κ3) is 7.14. The molecule has 1 rings (SSSR count). The van der Waals surface area contributed by atoms with Gasteiger partial charge in [-0.1, -0.05) is 58.8 Å². The molecule has 0 saturated carbocycles. The number of hydrogen-bond acceptors (Lipinski definition) is 2. The third-order valence-corrected chi connectivity index (χ3v) is 3.38. The Labute approximate surface area is 106 Å². The van der Waals surface area contributed by atoms with Crippen LogP contribution in [0, 0.1) is 5.92 Å². The molecule has 0 spiro atoms. The average Bonchev–Trinajstić information content (AvgIpc) is 2.83. The van der Waals surface area contributed by atoms with Crippen LogP contribution in [0.25, 0.3) is 0 Å². The topological polar surface area (TPSA) is 30.7 Å². The highest BCUT2D eigenvalue weighted by Gasteiger charge is 2.01. The quantitative estimate of drug-likeness (QED) is 0.575. The normalized spacial score (nSPS) is 12.8. The smallest absolute Gasteiger partial charge is 0.119 e. The second-order valence-corrected chi connectivity index (χ2v) is 5.15. The number of aryl methyl sites for hydroxylation is 1. The molecule has 0 amide bonds. The van der Waals surface area contributed by atoms with Crippen molar-refractivity contribution in [3.05, 3.63) is 12.7 Å². The molecular formula is C14H27N3. The highest BCUT2D eigenvalue weighted by atomic mass is 15.2. The lowest BCUT2D eigenvalue weighted by molar-refractivity contribution is 0.431. The molecule has 0 bridgehead atoms. The molecular weight excluding hydrogens is 210 g/mol. The van der Waals surface area contributed by atoms with Crippen molar-refractivity contribution in [1.29, 1.82) is 0 Å². The second-order valence-electron chi connectivity index (χ2n) is 5.15. The van der Waals surface area contributed by atoms with Gasteiger partial charge in [-0.3, -0.25) is 0 Å². The van der Waals surface area contributed by atoms with E-state index in [1.807, 2.05) is 0 Å². The number of unbranched alkanes of at least 4 members (excludes halogenated alkanes) is 4. The fourth-order valence-corrected chi connectivity index (χ4v) is 2.19. The SMILES string of the molecule is CCCCCCC(C)CCCCn1cnnc1. The first kappa shape index (κ1) is 14.2. The molecule has 0 radical (unpaired) electrons. The zero-order chi connectivity index (χ0) is 12.3. The molecule has 1 atom stereocenters. The van der Waals surface area contributed by atoms with Gasteiger partial charge in [-0.2, -0.15) is 0 Å². The minimum absolute atomic E-state index is 0.896. The maximum atomic E-state index is 3.81. The minimum Gasteiger partial charge on any atom is -0.320 e. The van der Waals surface area contributed by atoms with Crippen LogP contribution in [0.3, 0.4) is 0 Å². The number of hydrogen-bond donors (Lipinski definition) is 0. The Morgan fingerprint density at radius 2 is 1.59 bits per heavy atom. The van der Waals surface area contributed by atoms with Crippen LogP contribution >= 0.6 is 0 Å². The number of aromatic nitrogens is 3. The summed E-state index contributed by atoms with van der Waals surface area (Å²) in [5.41, 5.74) is 0. The fourth-order valence-electron chi connectivity index (χ4n) is 2.19. The molecule has 0 saturated heterocycles. The van der Waals surface area contributed by atoms with E-state index in [9.17, 15) is 0 Å². The first-order valence-corrected chi connectivity index (χ1v) is 7.15. The van der Waals surface area contributed by atoms with Crippen LogP contribution in [-0.2, 0) is 6.54 Å². The van der Waals surface area contributed by atoms with Gasteiger partial charge in [0.25, 0.3) is 0 Å². The van der Waals surface area contributed by atoms with Gasteiger partial charge in [-0.05, 0) is 12.3 Å². The monoisotopic (exact) mass is 237 g/mol. The van der Waals surface area contributed by atoms with Gasteiger partial charge in [-0.15, -0.1) is 10.2 Å². The van der Waals surface area contributed by atoms with Crippen LogP contribution in [-0.4, -0.2) is 14.8 Å². The lowest BCUT2D eigenvalue weighted by Crippen LogP contribution is -1.98. The fraction of sp³-hybridized carbons (Fsp3) is 0.857. The predicted molar refractivity (Wildman–Crippen MR) is 71.8 cm³/mol. The molecule has 1 heterocycles. The molecule has 0 aliphatic rings. The molecule has 1 aromatic rings. The number of rotatable bonds is 10. The van der Waals surface area contributed by atoms with Crippen LogP contribution < -0.4 is 0 Å².